The zero-order chi connectivity index (χ0) is 12.0. The summed E-state index contributed by atoms with van der Waals surface area (Å²) in [6.07, 6.45) is 6.63. The summed E-state index contributed by atoms with van der Waals surface area (Å²) in [7, 11) is 0. The van der Waals surface area contributed by atoms with Crippen molar-refractivity contribution >= 4 is 17.3 Å². The van der Waals surface area contributed by atoms with E-state index in [-0.39, 0.29) is 0 Å². The van der Waals surface area contributed by atoms with Gasteiger partial charge in [-0.3, -0.25) is 0 Å². The van der Waals surface area contributed by atoms with Gasteiger partial charge in [0.15, 0.2) is 5.11 Å². The molecule has 16 heavy (non-hydrogen) atoms. The molecule has 0 aromatic rings. The molecule has 2 N–H and O–H groups in total. The van der Waals surface area contributed by atoms with Crippen molar-refractivity contribution in [1.82, 2.24) is 10.6 Å². The summed E-state index contributed by atoms with van der Waals surface area (Å²) in [6, 6.07) is 0.603. The molecule has 1 saturated carbocycles. The second-order valence-electron chi connectivity index (χ2n) is 5.39. The van der Waals surface area contributed by atoms with Gasteiger partial charge in [0.2, 0.25) is 0 Å². The number of hydrogen-bond donors (Lipinski definition) is 2. The third-order valence-corrected chi connectivity index (χ3v) is 3.63. The highest BCUT2D eigenvalue weighted by Crippen LogP contribution is 2.26. The molecule has 0 aliphatic heterocycles. The van der Waals surface area contributed by atoms with Crippen LogP contribution in [0.25, 0.3) is 0 Å². The summed E-state index contributed by atoms with van der Waals surface area (Å²) in [4.78, 5) is 0. The van der Waals surface area contributed by atoms with Gasteiger partial charge in [-0.15, -0.1) is 0 Å². The van der Waals surface area contributed by atoms with Crippen molar-refractivity contribution in [2.24, 2.45) is 11.8 Å². The quantitative estimate of drug-likeness (QED) is 0.741. The van der Waals surface area contributed by atoms with Gasteiger partial charge < -0.3 is 10.6 Å². The van der Waals surface area contributed by atoms with Gasteiger partial charge >= 0.3 is 0 Å². The van der Waals surface area contributed by atoms with Crippen LogP contribution in [-0.2, 0) is 0 Å². The minimum absolute atomic E-state index is 0.603. The van der Waals surface area contributed by atoms with Crippen LogP contribution >= 0.6 is 12.2 Å². The largest absolute Gasteiger partial charge is 0.362 e. The van der Waals surface area contributed by atoms with Crippen LogP contribution in [0.1, 0.15) is 52.9 Å². The van der Waals surface area contributed by atoms with Gasteiger partial charge in [0.1, 0.15) is 0 Å². The Labute approximate surface area is 106 Å². The fraction of sp³-hybridized carbons (Fsp3) is 0.923. The third kappa shape index (κ3) is 5.15. The molecule has 1 rings (SSSR count). The van der Waals surface area contributed by atoms with E-state index >= 15 is 0 Å². The molecular weight excluding hydrogens is 216 g/mol. The van der Waals surface area contributed by atoms with E-state index in [0.717, 1.165) is 17.6 Å². The van der Waals surface area contributed by atoms with Crippen LogP contribution in [0.15, 0.2) is 0 Å². The summed E-state index contributed by atoms with van der Waals surface area (Å²) in [5.74, 6) is 1.55. The Morgan fingerprint density at radius 2 is 2.12 bits per heavy atom. The van der Waals surface area contributed by atoms with Gasteiger partial charge in [0, 0.05) is 12.6 Å². The Kier molecular flexibility index (Phi) is 6.10. The first kappa shape index (κ1) is 13.8. The maximum atomic E-state index is 5.31. The Morgan fingerprint density at radius 1 is 1.38 bits per heavy atom. The highest BCUT2D eigenvalue weighted by atomic mass is 32.1. The molecule has 0 heterocycles. The summed E-state index contributed by atoms with van der Waals surface area (Å²) >= 11 is 5.31. The molecule has 0 spiro atoms. The number of hydrogen-bond acceptors (Lipinski definition) is 1. The molecule has 0 radical (unpaired) electrons. The van der Waals surface area contributed by atoms with Crippen LogP contribution in [0.5, 0.6) is 0 Å². The Balaban J connectivity index is 2.22. The maximum Gasteiger partial charge on any atom is 0.166 e. The number of thiocarbonyl (C=S) groups is 1. The first-order chi connectivity index (χ1) is 7.61. The minimum atomic E-state index is 0.603. The van der Waals surface area contributed by atoms with Gasteiger partial charge in [-0.2, -0.15) is 0 Å². The predicted molar refractivity (Wildman–Crippen MR) is 74.6 cm³/mol. The lowest BCUT2D eigenvalue weighted by molar-refractivity contribution is 0.299. The van der Waals surface area contributed by atoms with Crippen molar-refractivity contribution in [3.8, 4) is 0 Å². The summed E-state index contributed by atoms with van der Waals surface area (Å²) in [6.45, 7) is 7.66. The fourth-order valence-electron chi connectivity index (χ4n) is 2.33. The summed E-state index contributed by atoms with van der Waals surface area (Å²) < 4.78 is 0. The summed E-state index contributed by atoms with van der Waals surface area (Å²) in [5.41, 5.74) is 0. The maximum absolute atomic E-state index is 5.31. The molecule has 0 amide bonds. The normalized spacial score (nSPS) is 25.5. The molecule has 1 fully saturated rings. The molecular formula is C13H26N2S. The van der Waals surface area contributed by atoms with E-state index in [9.17, 15) is 0 Å². The van der Waals surface area contributed by atoms with Crippen molar-refractivity contribution in [2.75, 3.05) is 6.54 Å². The van der Waals surface area contributed by atoms with E-state index in [1.807, 2.05) is 0 Å². The topological polar surface area (TPSA) is 24.1 Å². The van der Waals surface area contributed by atoms with E-state index in [0.29, 0.717) is 12.0 Å². The molecule has 1 aliphatic rings. The lowest BCUT2D eigenvalue weighted by Crippen LogP contribution is -2.44. The average molecular weight is 242 g/mol. The van der Waals surface area contributed by atoms with Crippen LogP contribution in [0.2, 0.25) is 0 Å². The Hall–Kier alpha value is -0.310. The molecule has 94 valence electrons. The van der Waals surface area contributed by atoms with Crippen LogP contribution in [0.4, 0.5) is 0 Å². The standard InChI is InChI=1S/C13H26N2S/c1-4-11-6-5-7-12(8-11)15-13(16)14-9-10(2)3/h10-12H,4-9H2,1-3H3,(H2,14,15,16). The molecule has 3 heteroatoms. The van der Waals surface area contributed by atoms with Crippen LogP contribution in [-0.4, -0.2) is 17.7 Å². The van der Waals surface area contributed by atoms with E-state index < -0.39 is 0 Å². The van der Waals surface area contributed by atoms with Gasteiger partial charge in [0.25, 0.3) is 0 Å². The summed E-state index contributed by atoms with van der Waals surface area (Å²) in [5, 5.41) is 7.58. The van der Waals surface area contributed by atoms with Gasteiger partial charge in [-0.1, -0.05) is 40.0 Å². The Morgan fingerprint density at radius 3 is 2.75 bits per heavy atom. The smallest absolute Gasteiger partial charge is 0.166 e. The van der Waals surface area contributed by atoms with Crippen molar-refractivity contribution in [3.63, 3.8) is 0 Å². The fourth-order valence-corrected chi connectivity index (χ4v) is 2.58. The molecule has 0 saturated heterocycles. The predicted octanol–water partition coefficient (Wildman–Crippen LogP) is 3.08. The minimum Gasteiger partial charge on any atom is -0.362 e. The monoisotopic (exact) mass is 242 g/mol. The zero-order valence-corrected chi connectivity index (χ0v) is 11.7. The highest BCUT2D eigenvalue weighted by molar-refractivity contribution is 7.80. The Bertz CT molecular complexity index is 216. The highest BCUT2D eigenvalue weighted by Gasteiger charge is 2.20. The first-order valence-electron chi connectivity index (χ1n) is 6.66. The molecule has 1 aliphatic carbocycles. The van der Waals surface area contributed by atoms with E-state index in [1.54, 1.807) is 0 Å². The number of rotatable bonds is 4. The lowest BCUT2D eigenvalue weighted by Gasteiger charge is -2.30. The molecule has 2 nitrogen and oxygen atoms in total. The van der Waals surface area contributed by atoms with Crippen LogP contribution in [0, 0.1) is 11.8 Å². The molecule has 0 bridgehead atoms. The van der Waals surface area contributed by atoms with Crippen molar-refractivity contribution < 1.29 is 0 Å². The second-order valence-corrected chi connectivity index (χ2v) is 5.79. The molecule has 2 unspecified atom stereocenters. The van der Waals surface area contributed by atoms with Gasteiger partial charge in [-0.25, -0.2) is 0 Å². The first-order valence-corrected chi connectivity index (χ1v) is 7.07. The van der Waals surface area contributed by atoms with Crippen molar-refractivity contribution in [1.29, 1.82) is 0 Å². The van der Waals surface area contributed by atoms with Crippen LogP contribution < -0.4 is 10.6 Å². The van der Waals surface area contributed by atoms with E-state index in [1.165, 1.54) is 32.1 Å². The van der Waals surface area contributed by atoms with Crippen LogP contribution in [0.3, 0.4) is 0 Å². The second kappa shape index (κ2) is 7.10. The average Bonchev–Trinajstić information content (AvgIpc) is 2.26. The van der Waals surface area contributed by atoms with Crippen molar-refractivity contribution in [3.05, 3.63) is 0 Å². The lowest BCUT2D eigenvalue weighted by atomic mass is 9.84. The van der Waals surface area contributed by atoms with Gasteiger partial charge in [-0.05, 0) is 36.9 Å². The van der Waals surface area contributed by atoms with E-state index in [2.05, 4.69) is 31.4 Å². The molecule has 0 aromatic heterocycles. The zero-order valence-electron chi connectivity index (χ0n) is 10.9. The number of nitrogens with one attached hydrogen (secondary N) is 2. The SMILES string of the molecule is CCC1CCCC(NC(=S)NCC(C)C)C1. The third-order valence-electron chi connectivity index (χ3n) is 3.37. The molecule has 2 atom stereocenters. The molecule has 0 aromatic carbocycles. The van der Waals surface area contributed by atoms with Crippen molar-refractivity contribution in [2.45, 2.75) is 58.9 Å². The van der Waals surface area contributed by atoms with E-state index in [4.69, 9.17) is 12.2 Å². The van der Waals surface area contributed by atoms with Gasteiger partial charge in [0.05, 0.1) is 0 Å².